The summed E-state index contributed by atoms with van der Waals surface area (Å²) in [5, 5.41) is 12.6. The van der Waals surface area contributed by atoms with E-state index >= 15 is 0 Å². The van der Waals surface area contributed by atoms with Crippen molar-refractivity contribution in [2.75, 3.05) is 18.1 Å². The largest absolute Gasteiger partial charge is 0.379 e. The fraction of sp³-hybridized carbons (Fsp3) is 0.462. The minimum absolute atomic E-state index is 0.173. The second kappa shape index (κ2) is 5.88. The number of halogens is 2. The van der Waals surface area contributed by atoms with Crippen LogP contribution >= 0.6 is 11.8 Å². The summed E-state index contributed by atoms with van der Waals surface area (Å²) in [6.45, 7) is 0.173. The van der Waals surface area contributed by atoms with E-state index in [4.69, 9.17) is 0 Å². The zero-order valence-corrected chi connectivity index (χ0v) is 11.1. The number of carbonyl (C=O) groups is 1. The maximum atomic E-state index is 13.3. The highest BCUT2D eigenvalue weighted by Crippen LogP contribution is 2.27. The van der Waals surface area contributed by atoms with Crippen molar-refractivity contribution in [2.45, 2.75) is 18.4 Å². The molecule has 19 heavy (non-hydrogen) atoms. The number of thioether (sulfide) groups is 1. The van der Waals surface area contributed by atoms with E-state index in [1.165, 1.54) is 11.8 Å². The monoisotopic (exact) mass is 287 g/mol. The first-order valence-corrected chi connectivity index (χ1v) is 7.19. The Kier molecular flexibility index (Phi) is 4.42. The predicted molar refractivity (Wildman–Crippen MR) is 70.0 cm³/mol. The van der Waals surface area contributed by atoms with Crippen molar-refractivity contribution in [2.24, 2.45) is 0 Å². The standard InChI is InChI=1S/C13H15F2NO2S/c14-10-1-2-11(15)9(7-10)3-5-16-12(17)13(18)4-6-19-8-13/h1-2,7,18H,3-6,8H2,(H,16,17). The lowest BCUT2D eigenvalue weighted by atomic mass is 10.0. The van der Waals surface area contributed by atoms with E-state index in [2.05, 4.69) is 5.32 Å². The molecule has 1 amide bonds. The van der Waals surface area contributed by atoms with Crippen LogP contribution in [0.2, 0.25) is 0 Å². The molecule has 1 aliphatic heterocycles. The van der Waals surface area contributed by atoms with Gasteiger partial charge in [-0.05, 0) is 42.4 Å². The highest BCUT2D eigenvalue weighted by molar-refractivity contribution is 7.99. The maximum Gasteiger partial charge on any atom is 0.252 e. The van der Waals surface area contributed by atoms with E-state index in [0.717, 1.165) is 24.0 Å². The van der Waals surface area contributed by atoms with E-state index < -0.39 is 23.1 Å². The number of nitrogens with one attached hydrogen (secondary N) is 1. The van der Waals surface area contributed by atoms with Gasteiger partial charge >= 0.3 is 0 Å². The summed E-state index contributed by atoms with van der Waals surface area (Å²) < 4.78 is 26.3. The fourth-order valence-electron chi connectivity index (χ4n) is 1.94. The number of carbonyl (C=O) groups excluding carboxylic acids is 1. The van der Waals surface area contributed by atoms with Crippen LogP contribution in [0.5, 0.6) is 0 Å². The second-order valence-electron chi connectivity index (χ2n) is 4.58. The molecule has 3 nitrogen and oxygen atoms in total. The zero-order valence-electron chi connectivity index (χ0n) is 10.3. The Labute approximate surface area is 114 Å². The zero-order chi connectivity index (χ0) is 13.9. The van der Waals surface area contributed by atoms with Crippen LogP contribution in [-0.4, -0.2) is 34.7 Å². The van der Waals surface area contributed by atoms with Crippen molar-refractivity contribution in [1.29, 1.82) is 0 Å². The van der Waals surface area contributed by atoms with Crippen LogP contribution in [0, 0.1) is 11.6 Å². The number of amides is 1. The number of hydrogen-bond donors (Lipinski definition) is 2. The molecule has 0 bridgehead atoms. The van der Waals surface area contributed by atoms with Gasteiger partial charge in [0, 0.05) is 12.3 Å². The Hall–Kier alpha value is -1.14. The summed E-state index contributed by atoms with van der Waals surface area (Å²) in [4.78, 5) is 11.8. The number of benzene rings is 1. The molecule has 1 aliphatic rings. The average Bonchev–Trinajstić information content (AvgIpc) is 2.82. The summed E-state index contributed by atoms with van der Waals surface area (Å²) in [5.41, 5.74) is -1.10. The normalized spacial score (nSPS) is 22.5. The lowest BCUT2D eigenvalue weighted by molar-refractivity contribution is -0.137. The molecule has 2 rings (SSSR count). The first kappa shape index (κ1) is 14.3. The van der Waals surface area contributed by atoms with Gasteiger partial charge in [-0.1, -0.05) is 0 Å². The first-order chi connectivity index (χ1) is 9.01. The highest BCUT2D eigenvalue weighted by atomic mass is 32.2. The maximum absolute atomic E-state index is 13.3. The van der Waals surface area contributed by atoms with Gasteiger partial charge in [0.2, 0.25) is 0 Å². The minimum Gasteiger partial charge on any atom is -0.379 e. The highest BCUT2D eigenvalue weighted by Gasteiger charge is 2.39. The lowest BCUT2D eigenvalue weighted by Gasteiger charge is -2.20. The molecule has 1 aromatic rings. The number of aliphatic hydroxyl groups is 1. The summed E-state index contributed by atoms with van der Waals surface area (Å²) in [6.07, 6.45) is 0.621. The molecule has 2 N–H and O–H groups in total. The van der Waals surface area contributed by atoms with Gasteiger partial charge in [0.25, 0.3) is 5.91 Å². The molecule has 1 heterocycles. The molecular weight excluding hydrogens is 272 g/mol. The third-order valence-corrected chi connectivity index (χ3v) is 4.29. The molecule has 0 radical (unpaired) electrons. The van der Waals surface area contributed by atoms with Gasteiger partial charge < -0.3 is 10.4 Å². The molecule has 0 aromatic heterocycles. The van der Waals surface area contributed by atoms with Gasteiger partial charge in [-0.3, -0.25) is 4.79 Å². The van der Waals surface area contributed by atoms with Gasteiger partial charge in [-0.15, -0.1) is 0 Å². The SMILES string of the molecule is O=C(NCCc1cc(F)ccc1F)C1(O)CCSC1. The first-order valence-electron chi connectivity index (χ1n) is 6.04. The van der Waals surface area contributed by atoms with Crippen molar-refractivity contribution < 1.29 is 18.7 Å². The van der Waals surface area contributed by atoms with Gasteiger partial charge in [-0.25, -0.2) is 8.78 Å². The van der Waals surface area contributed by atoms with Gasteiger partial charge in [0.05, 0.1) is 0 Å². The van der Waals surface area contributed by atoms with Crippen LogP contribution in [0.1, 0.15) is 12.0 Å². The molecule has 0 aliphatic carbocycles. The lowest BCUT2D eigenvalue weighted by Crippen LogP contribution is -2.47. The number of rotatable bonds is 4. The van der Waals surface area contributed by atoms with Crippen LogP contribution in [0.15, 0.2) is 18.2 Å². The predicted octanol–water partition coefficient (Wildman–Crippen LogP) is 1.49. The van der Waals surface area contributed by atoms with Crippen molar-refractivity contribution in [1.82, 2.24) is 5.32 Å². The van der Waals surface area contributed by atoms with Crippen LogP contribution in [0.3, 0.4) is 0 Å². The van der Waals surface area contributed by atoms with Crippen molar-refractivity contribution in [3.8, 4) is 0 Å². The van der Waals surface area contributed by atoms with Gasteiger partial charge in [-0.2, -0.15) is 11.8 Å². The van der Waals surface area contributed by atoms with Crippen LogP contribution in [-0.2, 0) is 11.2 Å². The molecular formula is C13H15F2NO2S. The van der Waals surface area contributed by atoms with E-state index in [1.807, 2.05) is 0 Å². The quantitative estimate of drug-likeness (QED) is 0.882. The smallest absolute Gasteiger partial charge is 0.252 e. The molecule has 1 saturated heterocycles. The Morgan fingerprint density at radius 2 is 2.26 bits per heavy atom. The fourth-order valence-corrected chi connectivity index (χ4v) is 3.18. The Bertz CT molecular complexity index is 476. The van der Waals surface area contributed by atoms with E-state index in [0.29, 0.717) is 12.2 Å². The third kappa shape index (κ3) is 3.45. The molecule has 6 heteroatoms. The van der Waals surface area contributed by atoms with E-state index in [9.17, 15) is 18.7 Å². The summed E-state index contributed by atoms with van der Waals surface area (Å²) in [5.74, 6) is -0.302. The topological polar surface area (TPSA) is 49.3 Å². The summed E-state index contributed by atoms with van der Waals surface area (Å²) in [7, 11) is 0. The Morgan fingerprint density at radius 1 is 1.47 bits per heavy atom. The summed E-state index contributed by atoms with van der Waals surface area (Å²) >= 11 is 1.52. The molecule has 1 unspecified atom stereocenters. The third-order valence-electron chi connectivity index (χ3n) is 3.11. The van der Waals surface area contributed by atoms with Crippen molar-refractivity contribution in [3.05, 3.63) is 35.4 Å². The van der Waals surface area contributed by atoms with E-state index in [1.54, 1.807) is 0 Å². The molecule has 104 valence electrons. The van der Waals surface area contributed by atoms with Gasteiger partial charge in [0.1, 0.15) is 11.6 Å². The molecule has 0 saturated carbocycles. The molecule has 1 fully saturated rings. The number of hydrogen-bond acceptors (Lipinski definition) is 3. The Balaban J connectivity index is 1.86. The minimum atomic E-state index is -1.31. The Morgan fingerprint density at radius 3 is 2.95 bits per heavy atom. The molecule has 1 aromatic carbocycles. The van der Waals surface area contributed by atoms with Crippen LogP contribution in [0.4, 0.5) is 8.78 Å². The van der Waals surface area contributed by atoms with Crippen molar-refractivity contribution >= 4 is 17.7 Å². The van der Waals surface area contributed by atoms with Crippen molar-refractivity contribution in [3.63, 3.8) is 0 Å². The van der Waals surface area contributed by atoms with E-state index in [-0.39, 0.29) is 18.5 Å². The summed E-state index contributed by atoms with van der Waals surface area (Å²) in [6, 6.07) is 3.23. The second-order valence-corrected chi connectivity index (χ2v) is 5.68. The van der Waals surface area contributed by atoms with Crippen LogP contribution < -0.4 is 5.32 Å². The van der Waals surface area contributed by atoms with Gasteiger partial charge in [0.15, 0.2) is 5.60 Å². The molecule has 0 spiro atoms. The van der Waals surface area contributed by atoms with Crippen LogP contribution in [0.25, 0.3) is 0 Å². The molecule has 1 atom stereocenters. The average molecular weight is 287 g/mol.